The highest BCUT2D eigenvalue weighted by molar-refractivity contribution is 7.91. The predicted molar refractivity (Wildman–Crippen MR) is 90.0 cm³/mol. The Morgan fingerprint density at radius 3 is 2.71 bits per heavy atom. The van der Waals surface area contributed by atoms with Crippen LogP contribution in [0.1, 0.15) is 31.2 Å². The van der Waals surface area contributed by atoms with Gasteiger partial charge in [-0.25, -0.2) is 8.42 Å². The van der Waals surface area contributed by atoms with Crippen molar-refractivity contribution in [2.24, 2.45) is 5.92 Å². The fraction of sp³-hybridized carbons (Fsp3) is 0.647. The monoisotopic (exact) mass is 352 g/mol. The van der Waals surface area contributed by atoms with E-state index in [0.29, 0.717) is 32.5 Å². The minimum absolute atomic E-state index is 0.00190. The summed E-state index contributed by atoms with van der Waals surface area (Å²) in [7, 11) is -2.91. The normalized spacial score (nSPS) is 24.2. The average Bonchev–Trinajstić information content (AvgIpc) is 2.93. The third kappa shape index (κ3) is 4.77. The summed E-state index contributed by atoms with van der Waals surface area (Å²) in [6.07, 6.45) is 6.35. The molecule has 3 heterocycles. The SMILES string of the molecule is O=C(C[C@H]1CCS(=O)(=O)C1)N1CCC(OCc2cccnc2)CC1. The molecule has 1 amide bonds. The van der Waals surface area contributed by atoms with Crippen LogP contribution in [0.4, 0.5) is 0 Å². The molecule has 2 saturated heterocycles. The Kier molecular flexibility index (Phi) is 5.50. The maximum absolute atomic E-state index is 12.3. The molecule has 2 fully saturated rings. The third-order valence-corrected chi connectivity index (χ3v) is 6.63. The highest BCUT2D eigenvalue weighted by Gasteiger charge is 2.31. The average molecular weight is 352 g/mol. The van der Waals surface area contributed by atoms with Gasteiger partial charge in [0.05, 0.1) is 24.2 Å². The molecule has 0 aromatic carbocycles. The Hall–Kier alpha value is -1.47. The van der Waals surface area contributed by atoms with Crippen LogP contribution < -0.4 is 0 Å². The molecule has 0 N–H and O–H groups in total. The fourth-order valence-electron chi connectivity index (χ4n) is 3.38. The lowest BCUT2D eigenvalue weighted by molar-refractivity contribution is -0.134. The molecule has 2 aliphatic heterocycles. The minimum atomic E-state index is -2.91. The molecule has 7 heteroatoms. The predicted octanol–water partition coefficient (Wildman–Crippen LogP) is 1.41. The van der Waals surface area contributed by atoms with Crippen LogP contribution in [0.15, 0.2) is 24.5 Å². The summed E-state index contributed by atoms with van der Waals surface area (Å²) in [5, 5.41) is 0. The number of carbonyl (C=O) groups excluding carboxylic acids is 1. The van der Waals surface area contributed by atoms with Crippen molar-refractivity contribution in [2.75, 3.05) is 24.6 Å². The number of pyridine rings is 1. The fourth-order valence-corrected chi connectivity index (χ4v) is 5.24. The van der Waals surface area contributed by atoms with Crippen molar-refractivity contribution < 1.29 is 17.9 Å². The Balaban J connectivity index is 1.39. The maximum atomic E-state index is 12.3. The Morgan fingerprint density at radius 2 is 2.08 bits per heavy atom. The highest BCUT2D eigenvalue weighted by atomic mass is 32.2. The van der Waals surface area contributed by atoms with Crippen LogP contribution in [-0.4, -0.2) is 54.9 Å². The van der Waals surface area contributed by atoms with Crippen LogP contribution in [0.25, 0.3) is 0 Å². The van der Waals surface area contributed by atoms with Crippen molar-refractivity contribution >= 4 is 15.7 Å². The van der Waals surface area contributed by atoms with Crippen molar-refractivity contribution in [1.82, 2.24) is 9.88 Å². The van der Waals surface area contributed by atoms with E-state index in [1.54, 1.807) is 12.4 Å². The second-order valence-electron chi connectivity index (χ2n) is 6.73. The standard InChI is InChI=1S/C17H24N2O4S/c20-17(10-14-5-9-24(21,22)13-14)19-7-3-16(4-8-19)23-12-15-2-1-6-18-11-15/h1-2,6,11,14,16H,3-5,7-10,12-13H2/t14-/m1/s1. The second-order valence-corrected chi connectivity index (χ2v) is 8.95. The second kappa shape index (κ2) is 7.61. The first kappa shape index (κ1) is 17.4. The summed E-state index contributed by atoms with van der Waals surface area (Å²) in [6.45, 7) is 1.93. The van der Waals surface area contributed by atoms with Gasteiger partial charge in [0.1, 0.15) is 0 Å². The molecule has 0 aliphatic carbocycles. The molecular formula is C17H24N2O4S. The molecule has 1 aromatic heterocycles. The third-order valence-electron chi connectivity index (χ3n) is 4.79. The molecule has 24 heavy (non-hydrogen) atoms. The van der Waals surface area contributed by atoms with Gasteiger partial charge in [-0.3, -0.25) is 9.78 Å². The highest BCUT2D eigenvalue weighted by Crippen LogP contribution is 2.24. The van der Waals surface area contributed by atoms with Gasteiger partial charge < -0.3 is 9.64 Å². The molecule has 0 radical (unpaired) electrons. The lowest BCUT2D eigenvalue weighted by Crippen LogP contribution is -2.41. The smallest absolute Gasteiger partial charge is 0.222 e. The van der Waals surface area contributed by atoms with E-state index < -0.39 is 9.84 Å². The van der Waals surface area contributed by atoms with E-state index in [0.717, 1.165) is 18.4 Å². The number of nitrogens with zero attached hydrogens (tertiary/aromatic N) is 2. The molecule has 0 saturated carbocycles. The Bertz CT molecular complexity index is 654. The zero-order chi connectivity index (χ0) is 17.0. The van der Waals surface area contributed by atoms with Crippen LogP contribution in [0.2, 0.25) is 0 Å². The van der Waals surface area contributed by atoms with Gasteiger partial charge in [0, 0.05) is 31.9 Å². The van der Waals surface area contributed by atoms with Crippen molar-refractivity contribution in [1.29, 1.82) is 0 Å². The molecule has 0 unspecified atom stereocenters. The number of carbonyl (C=O) groups is 1. The van der Waals surface area contributed by atoms with Crippen molar-refractivity contribution in [3.63, 3.8) is 0 Å². The number of hydrogen-bond acceptors (Lipinski definition) is 5. The molecule has 6 nitrogen and oxygen atoms in total. The summed E-state index contributed by atoms with van der Waals surface area (Å²) >= 11 is 0. The van der Waals surface area contributed by atoms with E-state index in [1.807, 2.05) is 17.0 Å². The van der Waals surface area contributed by atoms with Gasteiger partial charge in [0.25, 0.3) is 0 Å². The van der Waals surface area contributed by atoms with Crippen LogP contribution in [0, 0.1) is 5.92 Å². The van der Waals surface area contributed by atoms with E-state index in [9.17, 15) is 13.2 Å². The zero-order valence-electron chi connectivity index (χ0n) is 13.8. The Morgan fingerprint density at radius 1 is 1.29 bits per heavy atom. The van der Waals surface area contributed by atoms with E-state index in [-0.39, 0.29) is 29.4 Å². The zero-order valence-corrected chi connectivity index (χ0v) is 14.6. The van der Waals surface area contributed by atoms with Gasteiger partial charge in [-0.05, 0) is 36.8 Å². The molecule has 132 valence electrons. The molecule has 3 rings (SSSR count). The van der Waals surface area contributed by atoms with Crippen LogP contribution in [0.3, 0.4) is 0 Å². The van der Waals surface area contributed by atoms with Gasteiger partial charge in [-0.2, -0.15) is 0 Å². The number of piperidine rings is 1. The van der Waals surface area contributed by atoms with E-state index in [2.05, 4.69) is 4.98 Å². The van der Waals surface area contributed by atoms with Crippen molar-refractivity contribution in [2.45, 2.75) is 38.4 Å². The van der Waals surface area contributed by atoms with Gasteiger partial charge in [-0.1, -0.05) is 6.07 Å². The lowest BCUT2D eigenvalue weighted by Gasteiger charge is -2.32. The molecule has 0 spiro atoms. The molecular weight excluding hydrogens is 328 g/mol. The number of hydrogen-bond donors (Lipinski definition) is 0. The topological polar surface area (TPSA) is 76.6 Å². The Labute approximate surface area is 143 Å². The van der Waals surface area contributed by atoms with Gasteiger partial charge >= 0.3 is 0 Å². The van der Waals surface area contributed by atoms with Crippen molar-refractivity contribution in [3.8, 4) is 0 Å². The van der Waals surface area contributed by atoms with E-state index >= 15 is 0 Å². The first-order valence-electron chi connectivity index (χ1n) is 8.50. The minimum Gasteiger partial charge on any atom is -0.373 e. The van der Waals surface area contributed by atoms with Gasteiger partial charge in [-0.15, -0.1) is 0 Å². The van der Waals surface area contributed by atoms with Crippen molar-refractivity contribution in [3.05, 3.63) is 30.1 Å². The van der Waals surface area contributed by atoms with E-state index in [4.69, 9.17) is 4.74 Å². The van der Waals surface area contributed by atoms with E-state index in [1.165, 1.54) is 0 Å². The maximum Gasteiger partial charge on any atom is 0.222 e. The quantitative estimate of drug-likeness (QED) is 0.801. The summed E-state index contributed by atoms with van der Waals surface area (Å²) in [5.74, 6) is 0.489. The molecule has 1 atom stereocenters. The first-order valence-corrected chi connectivity index (χ1v) is 10.3. The number of sulfone groups is 1. The van der Waals surface area contributed by atoms with Crippen LogP contribution in [-0.2, 0) is 26.0 Å². The number of amides is 1. The number of ether oxygens (including phenoxy) is 1. The number of rotatable bonds is 5. The number of likely N-dealkylation sites (tertiary alicyclic amines) is 1. The van der Waals surface area contributed by atoms with Gasteiger partial charge in [0.15, 0.2) is 9.84 Å². The summed E-state index contributed by atoms with van der Waals surface area (Å²) in [6, 6.07) is 3.88. The van der Waals surface area contributed by atoms with Crippen LogP contribution >= 0.6 is 0 Å². The first-order chi connectivity index (χ1) is 11.5. The molecule has 2 aliphatic rings. The molecule has 0 bridgehead atoms. The lowest BCUT2D eigenvalue weighted by atomic mass is 10.0. The molecule has 1 aromatic rings. The van der Waals surface area contributed by atoms with Gasteiger partial charge in [0.2, 0.25) is 5.91 Å². The summed E-state index contributed by atoms with van der Waals surface area (Å²) in [4.78, 5) is 18.3. The number of aromatic nitrogens is 1. The van der Waals surface area contributed by atoms with Crippen LogP contribution in [0.5, 0.6) is 0 Å². The largest absolute Gasteiger partial charge is 0.373 e. The summed E-state index contributed by atoms with van der Waals surface area (Å²) in [5.41, 5.74) is 1.05. The summed E-state index contributed by atoms with van der Waals surface area (Å²) < 4.78 is 28.9.